The molecular weight excluding hydrogens is 391 g/mol. The molecule has 0 saturated heterocycles. The normalized spacial score (nSPS) is 13.0. The molecule has 2 aromatic heterocycles. The highest BCUT2D eigenvalue weighted by Crippen LogP contribution is 2.47. The first-order valence-electron chi connectivity index (χ1n) is 9.56. The van der Waals surface area contributed by atoms with Crippen LogP contribution in [0.3, 0.4) is 0 Å². The Morgan fingerprint density at radius 2 is 1.90 bits per heavy atom. The SMILES string of the molecule is CC(C)N(C(C)C)P(OCCC#N)OCc1coc2cc3oc(=O)ccc3cc12. The van der Waals surface area contributed by atoms with Gasteiger partial charge in [0.1, 0.15) is 11.2 Å². The van der Waals surface area contributed by atoms with Crippen molar-refractivity contribution in [3.8, 4) is 6.07 Å². The van der Waals surface area contributed by atoms with Crippen molar-refractivity contribution in [3.05, 3.63) is 46.5 Å². The summed E-state index contributed by atoms with van der Waals surface area (Å²) >= 11 is 0. The third-order valence-electron chi connectivity index (χ3n) is 4.39. The highest BCUT2D eigenvalue weighted by atomic mass is 31.2. The maximum atomic E-state index is 11.4. The van der Waals surface area contributed by atoms with Crippen LogP contribution in [0.5, 0.6) is 0 Å². The van der Waals surface area contributed by atoms with Gasteiger partial charge < -0.3 is 17.9 Å². The minimum Gasteiger partial charge on any atom is -0.464 e. The van der Waals surface area contributed by atoms with Crippen LogP contribution in [0.1, 0.15) is 39.7 Å². The van der Waals surface area contributed by atoms with Gasteiger partial charge in [0.15, 0.2) is 0 Å². The second kappa shape index (κ2) is 9.51. The van der Waals surface area contributed by atoms with Gasteiger partial charge in [-0.15, -0.1) is 0 Å². The van der Waals surface area contributed by atoms with Crippen LogP contribution < -0.4 is 5.63 Å². The summed E-state index contributed by atoms with van der Waals surface area (Å²) in [5.74, 6) is 0. The number of nitriles is 1. The average molecular weight is 416 g/mol. The van der Waals surface area contributed by atoms with E-state index in [9.17, 15) is 4.79 Å². The van der Waals surface area contributed by atoms with E-state index in [0.29, 0.717) is 30.8 Å². The van der Waals surface area contributed by atoms with Gasteiger partial charge in [0.05, 0.1) is 32.0 Å². The molecule has 0 saturated carbocycles. The van der Waals surface area contributed by atoms with Crippen LogP contribution in [-0.2, 0) is 15.7 Å². The van der Waals surface area contributed by atoms with E-state index in [2.05, 4.69) is 38.4 Å². The highest BCUT2D eigenvalue weighted by molar-refractivity contribution is 7.44. The topological polar surface area (TPSA) is 88.8 Å². The molecule has 2 heterocycles. The summed E-state index contributed by atoms with van der Waals surface area (Å²) in [4.78, 5) is 11.4. The minimum atomic E-state index is -1.33. The van der Waals surface area contributed by atoms with Crippen molar-refractivity contribution < 1.29 is 17.9 Å². The maximum Gasteiger partial charge on any atom is 0.336 e. The summed E-state index contributed by atoms with van der Waals surface area (Å²) < 4.78 is 25.2. The third-order valence-corrected chi connectivity index (χ3v) is 6.44. The third kappa shape index (κ3) is 5.04. The summed E-state index contributed by atoms with van der Waals surface area (Å²) in [6.45, 7) is 9.02. The Morgan fingerprint density at radius 3 is 2.59 bits per heavy atom. The lowest BCUT2D eigenvalue weighted by atomic mass is 10.1. The predicted octanol–water partition coefficient (Wildman–Crippen LogP) is 5.33. The van der Waals surface area contributed by atoms with Crippen molar-refractivity contribution in [2.24, 2.45) is 0 Å². The van der Waals surface area contributed by atoms with Crippen LogP contribution >= 0.6 is 8.53 Å². The van der Waals surface area contributed by atoms with E-state index in [1.54, 1.807) is 18.4 Å². The Labute approximate surface area is 170 Å². The Morgan fingerprint density at radius 1 is 1.14 bits per heavy atom. The molecule has 8 heteroatoms. The molecule has 0 spiro atoms. The fourth-order valence-corrected chi connectivity index (χ4v) is 4.79. The predicted molar refractivity (Wildman–Crippen MR) is 112 cm³/mol. The largest absolute Gasteiger partial charge is 0.464 e. The number of hydrogen-bond acceptors (Lipinski definition) is 7. The molecule has 1 aromatic carbocycles. The number of nitrogens with zero attached hydrogens (tertiary/aromatic N) is 2. The molecule has 3 rings (SSSR count). The molecule has 0 aliphatic rings. The van der Waals surface area contributed by atoms with Gasteiger partial charge in [-0.3, -0.25) is 0 Å². The molecule has 0 bridgehead atoms. The van der Waals surface area contributed by atoms with Gasteiger partial charge in [-0.25, -0.2) is 9.46 Å². The lowest BCUT2D eigenvalue weighted by molar-refractivity contribution is 0.171. The quantitative estimate of drug-likeness (QED) is 0.264. The summed E-state index contributed by atoms with van der Waals surface area (Å²) in [5.41, 5.74) is 1.61. The van der Waals surface area contributed by atoms with Crippen molar-refractivity contribution in [3.63, 3.8) is 0 Å². The van der Waals surface area contributed by atoms with Crippen molar-refractivity contribution in [1.29, 1.82) is 5.26 Å². The lowest BCUT2D eigenvalue weighted by Gasteiger charge is -2.35. The average Bonchev–Trinajstić information content (AvgIpc) is 3.05. The molecule has 1 unspecified atom stereocenters. The number of benzene rings is 1. The van der Waals surface area contributed by atoms with Crippen LogP contribution in [0.15, 0.2) is 44.2 Å². The van der Waals surface area contributed by atoms with Gasteiger partial charge >= 0.3 is 5.63 Å². The zero-order valence-corrected chi connectivity index (χ0v) is 17.9. The Bertz CT molecular complexity index is 1060. The van der Waals surface area contributed by atoms with Crippen LogP contribution in [-0.4, -0.2) is 23.4 Å². The maximum absolute atomic E-state index is 11.4. The second-order valence-electron chi connectivity index (χ2n) is 7.22. The summed E-state index contributed by atoms with van der Waals surface area (Å²) in [7, 11) is -1.33. The van der Waals surface area contributed by atoms with Crippen molar-refractivity contribution in [2.45, 2.75) is 52.8 Å². The Hall–Kier alpha value is -2.23. The number of rotatable bonds is 9. The van der Waals surface area contributed by atoms with Crippen molar-refractivity contribution >= 4 is 30.5 Å². The van der Waals surface area contributed by atoms with E-state index in [-0.39, 0.29) is 12.1 Å². The van der Waals surface area contributed by atoms with Gasteiger partial charge in [-0.05, 0) is 39.8 Å². The minimum absolute atomic E-state index is 0.233. The molecule has 0 aliphatic carbocycles. The summed E-state index contributed by atoms with van der Waals surface area (Å²) in [6, 6.07) is 9.34. The second-order valence-corrected chi connectivity index (χ2v) is 8.68. The van der Waals surface area contributed by atoms with Crippen LogP contribution in [0.2, 0.25) is 0 Å². The van der Waals surface area contributed by atoms with E-state index < -0.39 is 14.2 Å². The van der Waals surface area contributed by atoms with E-state index in [1.165, 1.54) is 6.07 Å². The first-order chi connectivity index (χ1) is 13.9. The van der Waals surface area contributed by atoms with Gasteiger partial charge in [0.2, 0.25) is 0 Å². The first-order valence-corrected chi connectivity index (χ1v) is 10.7. The standard InChI is InChI=1S/C21H25N2O5P/c1-14(2)23(15(3)4)29(26-9-5-8-22)27-13-17-12-25-20-11-19-16(10-18(17)20)6-7-21(24)28-19/h6-7,10-12,14-15H,5,9,13H2,1-4H3. The molecule has 7 nitrogen and oxygen atoms in total. The van der Waals surface area contributed by atoms with Gasteiger partial charge in [-0.2, -0.15) is 5.26 Å². The first kappa shape index (κ1) is 21.5. The van der Waals surface area contributed by atoms with Crippen LogP contribution in [0, 0.1) is 11.3 Å². The fourth-order valence-electron chi connectivity index (χ4n) is 3.19. The van der Waals surface area contributed by atoms with Crippen molar-refractivity contribution in [1.82, 2.24) is 4.67 Å². The van der Waals surface area contributed by atoms with Gasteiger partial charge in [-0.1, -0.05) is 0 Å². The molecule has 0 amide bonds. The summed E-state index contributed by atoms with van der Waals surface area (Å²) in [5, 5.41) is 10.5. The molecule has 1 atom stereocenters. The molecule has 29 heavy (non-hydrogen) atoms. The van der Waals surface area contributed by atoms with Crippen molar-refractivity contribution in [2.75, 3.05) is 6.61 Å². The van der Waals surface area contributed by atoms with Crippen LogP contribution in [0.4, 0.5) is 0 Å². The number of fused-ring (bicyclic) bond motifs is 2. The molecule has 0 radical (unpaired) electrons. The molecule has 0 N–H and O–H groups in total. The molecule has 154 valence electrons. The molecule has 3 aromatic rings. The monoisotopic (exact) mass is 416 g/mol. The zero-order valence-electron chi connectivity index (χ0n) is 17.0. The van der Waals surface area contributed by atoms with E-state index in [4.69, 9.17) is 23.1 Å². The molecule has 0 aliphatic heterocycles. The van der Waals surface area contributed by atoms with E-state index >= 15 is 0 Å². The zero-order chi connectivity index (χ0) is 21.0. The van der Waals surface area contributed by atoms with Crippen LogP contribution in [0.25, 0.3) is 21.9 Å². The van der Waals surface area contributed by atoms with E-state index in [0.717, 1.165) is 16.3 Å². The number of hydrogen-bond donors (Lipinski definition) is 0. The highest BCUT2D eigenvalue weighted by Gasteiger charge is 2.27. The molecule has 0 fully saturated rings. The molecular formula is C21H25N2O5P. The van der Waals surface area contributed by atoms with Gasteiger partial charge in [0.25, 0.3) is 8.53 Å². The Kier molecular flexibility index (Phi) is 7.05. The summed E-state index contributed by atoms with van der Waals surface area (Å²) in [6.07, 6.45) is 1.97. The number of furan rings is 1. The van der Waals surface area contributed by atoms with Gasteiger partial charge in [0, 0.05) is 40.6 Å². The Balaban J connectivity index is 1.84. The lowest BCUT2D eigenvalue weighted by Crippen LogP contribution is -2.33. The fraction of sp³-hybridized carbons (Fsp3) is 0.429. The van der Waals surface area contributed by atoms with E-state index in [1.807, 2.05) is 6.07 Å². The smallest absolute Gasteiger partial charge is 0.336 e.